The van der Waals surface area contributed by atoms with Crippen molar-refractivity contribution < 1.29 is 27.9 Å². The van der Waals surface area contributed by atoms with Gasteiger partial charge in [-0.25, -0.2) is 4.79 Å². The van der Waals surface area contributed by atoms with E-state index in [1.807, 2.05) is 0 Å². The zero-order valence-corrected chi connectivity index (χ0v) is 11.5. The lowest BCUT2D eigenvalue weighted by Gasteiger charge is -2.18. The van der Waals surface area contributed by atoms with Crippen molar-refractivity contribution in [3.05, 3.63) is 5.01 Å². The molecule has 1 fully saturated rings. The first kappa shape index (κ1) is 15.5. The highest BCUT2D eigenvalue weighted by Gasteiger charge is 2.53. The highest BCUT2D eigenvalue weighted by Crippen LogP contribution is 2.37. The van der Waals surface area contributed by atoms with Gasteiger partial charge in [-0.1, -0.05) is 11.3 Å². The molecule has 1 saturated heterocycles. The Balaban J connectivity index is 2.08. The second-order valence-electron chi connectivity index (χ2n) is 4.55. The summed E-state index contributed by atoms with van der Waals surface area (Å²) in [5.74, 6) is -5.30. The molecule has 0 unspecified atom stereocenters. The molecular weight excluding hydrogens is 313 g/mol. The number of aliphatic carboxylic acids is 1. The lowest BCUT2D eigenvalue weighted by molar-refractivity contribution is -0.187. The van der Waals surface area contributed by atoms with Crippen molar-refractivity contribution >= 4 is 28.5 Å². The number of carbonyl (C=O) groups excluding carboxylic acids is 1. The highest BCUT2D eigenvalue weighted by molar-refractivity contribution is 7.15. The predicted molar refractivity (Wildman–Crippen MR) is 65.9 cm³/mol. The molecule has 0 saturated carbocycles. The van der Waals surface area contributed by atoms with Gasteiger partial charge in [0.05, 0.1) is 11.8 Å². The molecule has 0 aromatic carbocycles. The third-order valence-corrected chi connectivity index (χ3v) is 3.84. The fraction of sp³-hybridized carbons (Fsp3) is 0.600. The summed E-state index contributed by atoms with van der Waals surface area (Å²) < 4.78 is 38.4. The van der Waals surface area contributed by atoms with Crippen molar-refractivity contribution in [3.8, 4) is 0 Å². The van der Waals surface area contributed by atoms with Crippen molar-refractivity contribution in [3.63, 3.8) is 0 Å². The van der Waals surface area contributed by atoms with Crippen molar-refractivity contribution in [2.45, 2.75) is 13.1 Å². The number of nitrogens with one attached hydrogen (secondary N) is 1. The minimum absolute atomic E-state index is 0.153. The molecule has 7 nitrogen and oxygen atoms in total. The highest BCUT2D eigenvalue weighted by atomic mass is 32.1. The molecule has 2 atom stereocenters. The molecule has 2 amide bonds. The molecule has 116 valence electrons. The third kappa shape index (κ3) is 3.40. The number of carbonyl (C=O) groups is 2. The third-order valence-electron chi connectivity index (χ3n) is 3.08. The van der Waals surface area contributed by atoms with Crippen LogP contribution in [0.2, 0.25) is 0 Å². The van der Waals surface area contributed by atoms with Crippen LogP contribution in [0.4, 0.5) is 23.1 Å². The lowest BCUT2D eigenvalue weighted by atomic mass is 9.96. The average Bonchev–Trinajstić information content (AvgIpc) is 2.94. The summed E-state index contributed by atoms with van der Waals surface area (Å²) in [5, 5.41) is 19.2. The molecule has 0 spiro atoms. The van der Waals surface area contributed by atoms with Gasteiger partial charge in [0.15, 0.2) is 0 Å². The van der Waals surface area contributed by atoms with Crippen LogP contribution >= 0.6 is 11.3 Å². The Bertz CT molecular complexity index is 562. The van der Waals surface area contributed by atoms with Crippen molar-refractivity contribution in [2.75, 3.05) is 18.4 Å². The number of aryl methyl sites for hydroxylation is 1. The molecule has 2 heterocycles. The standard InChI is InChI=1S/C10H11F3N4O3S/c1-4-15-16-8(21-4)14-9(20)17-2-5(7(18)19)6(3-17)10(11,12)13/h5-6H,2-3H2,1H3,(H,18,19)(H,14,16,20)/t5-,6-/m1/s1. The number of carboxylic acid groups (broad SMARTS) is 1. The van der Waals surface area contributed by atoms with Crippen LogP contribution < -0.4 is 5.32 Å². The van der Waals surface area contributed by atoms with Gasteiger partial charge in [0.25, 0.3) is 0 Å². The summed E-state index contributed by atoms with van der Waals surface area (Å²) in [6.07, 6.45) is -4.67. The summed E-state index contributed by atoms with van der Waals surface area (Å²) in [4.78, 5) is 23.6. The van der Waals surface area contributed by atoms with Crippen LogP contribution in [0.3, 0.4) is 0 Å². The number of amides is 2. The van der Waals surface area contributed by atoms with Gasteiger partial charge in [0.2, 0.25) is 5.13 Å². The van der Waals surface area contributed by atoms with Gasteiger partial charge in [-0.05, 0) is 6.92 Å². The Morgan fingerprint density at radius 3 is 2.48 bits per heavy atom. The first-order valence-electron chi connectivity index (χ1n) is 5.84. The Hall–Kier alpha value is -1.91. The number of likely N-dealkylation sites (tertiary alicyclic amines) is 1. The molecule has 1 aromatic heterocycles. The summed E-state index contributed by atoms with van der Waals surface area (Å²) in [6.45, 7) is 0.469. The van der Waals surface area contributed by atoms with Crippen molar-refractivity contribution in [1.29, 1.82) is 0 Å². The number of rotatable bonds is 2. The van der Waals surface area contributed by atoms with Crippen LogP contribution in [-0.4, -0.2) is 51.5 Å². The smallest absolute Gasteiger partial charge is 0.394 e. The number of anilines is 1. The lowest BCUT2D eigenvalue weighted by Crippen LogP contribution is -2.35. The van der Waals surface area contributed by atoms with E-state index in [1.54, 1.807) is 6.92 Å². The SMILES string of the molecule is Cc1nnc(NC(=O)N2C[C@@H](C(F)(F)F)[C@H](C(=O)O)C2)s1. The zero-order valence-electron chi connectivity index (χ0n) is 10.7. The summed E-state index contributed by atoms with van der Waals surface area (Å²) in [5.41, 5.74) is 0. The van der Waals surface area contributed by atoms with Crippen LogP contribution in [0, 0.1) is 18.8 Å². The van der Waals surface area contributed by atoms with Gasteiger partial charge in [0.1, 0.15) is 5.01 Å². The predicted octanol–water partition coefficient (Wildman–Crippen LogP) is 1.57. The Morgan fingerprint density at radius 2 is 2.05 bits per heavy atom. The topological polar surface area (TPSA) is 95.4 Å². The van der Waals surface area contributed by atoms with Crippen LogP contribution in [0.5, 0.6) is 0 Å². The van der Waals surface area contributed by atoms with Gasteiger partial charge >= 0.3 is 18.2 Å². The average molecular weight is 324 g/mol. The van der Waals surface area contributed by atoms with Crippen molar-refractivity contribution in [2.24, 2.45) is 11.8 Å². The van der Waals surface area contributed by atoms with Gasteiger partial charge in [-0.2, -0.15) is 13.2 Å². The van der Waals surface area contributed by atoms with Crippen LogP contribution in [0.15, 0.2) is 0 Å². The monoisotopic (exact) mass is 324 g/mol. The fourth-order valence-electron chi connectivity index (χ4n) is 2.07. The Morgan fingerprint density at radius 1 is 1.38 bits per heavy atom. The quantitative estimate of drug-likeness (QED) is 0.861. The number of halogens is 3. The maximum Gasteiger partial charge on any atom is 0.394 e. The zero-order chi connectivity index (χ0) is 15.8. The molecular formula is C10H11F3N4O3S. The van der Waals surface area contributed by atoms with E-state index in [9.17, 15) is 22.8 Å². The van der Waals surface area contributed by atoms with Crippen LogP contribution in [-0.2, 0) is 4.79 Å². The van der Waals surface area contributed by atoms with Gasteiger partial charge in [-0.15, -0.1) is 10.2 Å². The van der Waals surface area contributed by atoms with E-state index in [1.165, 1.54) is 0 Å². The molecule has 11 heteroatoms. The number of urea groups is 1. The van der Waals surface area contributed by atoms with E-state index in [-0.39, 0.29) is 5.13 Å². The summed E-state index contributed by atoms with van der Waals surface area (Å²) in [7, 11) is 0. The number of hydrogen-bond donors (Lipinski definition) is 2. The largest absolute Gasteiger partial charge is 0.481 e. The molecule has 21 heavy (non-hydrogen) atoms. The summed E-state index contributed by atoms with van der Waals surface area (Å²) in [6, 6.07) is -0.816. The van der Waals surface area contributed by atoms with E-state index >= 15 is 0 Å². The van der Waals surface area contributed by atoms with Crippen molar-refractivity contribution in [1.82, 2.24) is 15.1 Å². The Kier molecular flexibility index (Phi) is 4.03. The molecule has 2 N–H and O–H groups in total. The number of hydrogen-bond acceptors (Lipinski definition) is 5. The number of aromatic nitrogens is 2. The molecule has 1 aliphatic heterocycles. The first-order chi connectivity index (χ1) is 9.68. The molecule has 0 radical (unpaired) electrons. The molecule has 1 aliphatic rings. The molecule has 2 rings (SSSR count). The maximum atomic E-state index is 12.8. The van der Waals surface area contributed by atoms with Gasteiger partial charge in [0, 0.05) is 13.1 Å². The number of carboxylic acids is 1. The van der Waals surface area contributed by atoms with Crippen LogP contribution in [0.1, 0.15) is 5.01 Å². The minimum Gasteiger partial charge on any atom is -0.481 e. The Labute approximate surface area is 120 Å². The minimum atomic E-state index is -4.67. The van der Waals surface area contributed by atoms with E-state index in [4.69, 9.17) is 5.11 Å². The number of nitrogens with zero attached hydrogens (tertiary/aromatic N) is 3. The van der Waals surface area contributed by atoms with Gasteiger partial charge in [-0.3, -0.25) is 10.1 Å². The van der Waals surface area contributed by atoms with E-state index in [0.717, 1.165) is 16.2 Å². The molecule has 0 aliphatic carbocycles. The second-order valence-corrected chi connectivity index (χ2v) is 5.74. The maximum absolute atomic E-state index is 12.8. The molecule has 0 bridgehead atoms. The van der Waals surface area contributed by atoms with Crippen LogP contribution in [0.25, 0.3) is 0 Å². The van der Waals surface area contributed by atoms with Gasteiger partial charge < -0.3 is 10.0 Å². The summed E-state index contributed by atoms with van der Waals surface area (Å²) >= 11 is 1.07. The fourth-order valence-corrected chi connectivity index (χ4v) is 2.65. The molecule has 1 aromatic rings. The van der Waals surface area contributed by atoms with E-state index < -0.39 is 43.1 Å². The second kappa shape index (κ2) is 5.47. The first-order valence-corrected chi connectivity index (χ1v) is 6.65. The van der Waals surface area contributed by atoms with E-state index in [2.05, 4.69) is 15.5 Å². The normalized spacial score (nSPS) is 22.4. The number of alkyl halides is 3. The van der Waals surface area contributed by atoms with E-state index in [0.29, 0.717) is 5.01 Å².